The number of rotatable bonds is 4. The summed E-state index contributed by atoms with van der Waals surface area (Å²) in [7, 11) is 0. The molecule has 106 valence electrons. The number of halogens is 3. The summed E-state index contributed by atoms with van der Waals surface area (Å²) in [6, 6.07) is 6.86. The van der Waals surface area contributed by atoms with Gasteiger partial charge in [-0.05, 0) is 5.39 Å². The maximum absolute atomic E-state index is 12.2. The van der Waals surface area contributed by atoms with Gasteiger partial charge in [-0.15, -0.1) is 0 Å². The number of aliphatic hydroxyl groups excluding tert-OH is 1. The molecule has 0 fully saturated rings. The number of pyridine rings is 1. The van der Waals surface area contributed by atoms with Gasteiger partial charge >= 0.3 is 0 Å². The fourth-order valence-electron chi connectivity index (χ4n) is 1.72. The SMILES string of the molecule is O=C(NCC(O)C(F)F)c1cnc(Cl)c2ccccc12. The van der Waals surface area contributed by atoms with Gasteiger partial charge in [0.05, 0.1) is 5.56 Å². The molecule has 7 heteroatoms. The smallest absolute Gasteiger partial charge is 0.265 e. The molecule has 0 aliphatic carbocycles. The Balaban J connectivity index is 2.25. The topological polar surface area (TPSA) is 62.2 Å². The molecule has 2 rings (SSSR count). The van der Waals surface area contributed by atoms with E-state index in [0.29, 0.717) is 10.8 Å². The van der Waals surface area contributed by atoms with Gasteiger partial charge in [-0.1, -0.05) is 35.9 Å². The highest BCUT2D eigenvalue weighted by Crippen LogP contribution is 2.24. The Bertz CT molecular complexity index is 637. The monoisotopic (exact) mass is 300 g/mol. The van der Waals surface area contributed by atoms with Crippen molar-refractivity contribution in [1.29, 1.82) is 0 Å². The van der Waals surface area contributed by atoms with Crippen LogP contribution in [-0.2, 0) is 0 Å². The second kappa shape index (κ2) is 6.11. The van der Waals surface area contributed by atoms with Crippen molar-refractivity contribution in [3.05, 3.63) is 41.2 Å². The molecular weight excluding hydrogens is 290 g/mol. The van der Waals surface area contributed by atoms with Crippen molar-refractivity contribution >= 4 is 28.3 Å². The Labute approximate surface area is 118 Å². The van der Waals surface area contributed by atoms with Crippen LogP contribution in [0.5, 0.6) is 0 Å². The lowest BCUT2D eigenvalue weighted by Crippen LogP contribution is -2.35. The van der Waals surface area contributed by atoms with E-state index >= 15 is 0 Å². The standard InChI is InChI=1S/C13H11ClF2N2O2/c14-11-8-4-2-1-3-7(8)9(5-17-11)13(20)18-6-10(19)12(15)16/h1-5,10,12,19H,6H2,(H,18,20). The zero-order valence-corrected chi connectivity index (χ0v) is 10.9. The minimum Gasteiger partial charge on any atom is -0.385 e. The molecule has 0 bridgehead atoms. The van der Waals surface area contributed by atoms with Gasteiger partial charge in [0.25, 0.3) is 12.3 Å². The van der Waals surface area contributed by atoms with Gasteiger partial charge in [0, 0.05) is 18.1 Å². The number of carbonyl (C=O) groups is 1. The highest BCUT2D eigenvalue weighted by Gasteiger charge is 2.19. The number of hydrogen-bond acceptors (Lipinski definition) is 3. The molecule has 2 aromatic rings. The number of amides is 1. The molecule has 1 amide bonds. The summed E-state index contributed by atoms with van der Waals surface area (Å²) in [6.07, 6.45) is -3.53. The van der Waals surface area contributed by atoms with Crippen LogP contribution in [0.1, 0.15) is 10.4 Å². The third-order valence-corrected chi connectivity index (χ3v) is 3.05. The number of fused-ring (bicyclic) bond motifs is 1. The average Bonchev–Trinajstić information content (AvgIpc) is 2.45. The largest absolute Gasteiger partial charge is 0.385 e. The summed E-state index contributed by atoms with van der Waals surface area (Å²) >= 11 is 5.92. The third kappa shape index (κ3) is 3.02. The number of benzene rings is 1. The van der Waals surface area contributed by atoms with Crippen molar-refractivity contribution in [3.63, 3.8) is 0 Å². The molecule has 1 atom stereocenters. The van der Waals surface area contributed by atoms with Crippen molar-refractivity contribution < 1.29 is 18.7 Å². The van der Waals surface area contributed by atoms with Crippen LogP contribution in [0.3, 0.4) is 0 Å². The van der Waals surface area contributed by atoms with E-state index in [2.05, 4.69) is 10.3 Å². The Morgan fingerprint density at radius 1 is 1.35 bits per heavy atom. The fraction of sp³-hybridized carbons (Fsp3) is 0.231. The molecule has 1 aromatic heterocycles. The van der Waals surface area contributed by atoms with E-state index in [1.165, 1.54) is 6.20 Å². The first-order valence-electron chi connectivity index (χ1n) is 5.78. The normalized spacial score (nSPS) is 12.7. The molecule has 0 spiro atoms. The van der Waals surface area contributed by atoms with Crippen molar-refractivity contribution in [3.8, 4) is 0 Å². The maximum Gasteiger partial charge on any atom is 0.265 e. The molecule has 20 heavy (non-hydrogen) atoms. The van der Waals surface area contributed by atoms with E-state index in [1.54, 1.807) is 24.3 Å². The Kier molecular flexibility index (Phi) is 4.46. The molecular formula is C13H11ClF2N2O2. The van der Waals surface area contributed by atoms with E-state index in [0.717, 1.165) is 0 Å². The molecule has 4 nitrogen and oxygen atoms in total. The number of aliphatic hydroxyl groups is 1. The third-order valence-electron chi connectivity index (χ3n) is 2.75. The summed E-state index contributed by atoms with van der Waals surface area (Å²) in [5, 5.41) is 12.6. The first kappa shape index (κ1) is 14.6. The average molecular weight is 301 g/mol. The summed E-state index contributed by atoms with van der Waals surface area (Å²) < 4.78 is 24.3. The van der Waals surface area contributed by atoms with E-state index in [1.807, 2.05) is 0 Å². The number of aromatic nitrogens is 1. The maximum atomic E-state index is 12.2. The van der Waals surface area contributed by atoms with Crippen molar-refractivity contribution in [2.24, 2.45) is 0 Å². The molecule has 0 radical (unpaired) electrons. The first-order chi connectivity index (χ1) is 9.50. The fourth-order valence-corrected chi connectivity index (χ4v) is 1.93. The number of alkyl halides is 2. The Morgan fingerprint density at radius 3 is 2.65 bits per heavy atom. The molecule has 0 aliphatic heterocycles. The molecule has 1 unspecified atom stereocenters. The summed E-state index contributed by atoms with van der Waals surface area (Å²) in [5.41, 5.74) is 0.214. The van der Waals surface area contributed by atoms with Crippen LogP contribution in [0.25, 0.3) is 10.8 Å². The zero-order valence-electron chi connectivity index (χ0n) is 10.2. The number of hydrogen-bond donors (Lipinski definition) is 2. The zero-order chi connectivity index (χ0) is 14.7. The molecule has 0 aliphatic rings. The van der Waals surface area contributed by atoms with E-state index in [-0.39, 0.29) is 10.7 Å². The molecule has 0 saturated carbocycles. The highest BCUT2D eigenvalue weighted by atomic mass is 35.5. The van der Waals surface area contributed by atoms with Gasteiger partial charge in [-0.25, -0.2) is 13.8 Å². The van der Waals surface area contributed by atoms with Crippen LogP contribution in [0.15, 0.2) is 30.5 Å². The van der Waals surface area contributed by atoms with Crippen LogP contribution in [0, 0.1) is 0 Å². The summed E-state index contributed by atoms with van der Waals surface area (Å²) in [6.45, 7) is -0.534. The lowest BCUT2D eigenvalue weighted by molar-refractivity contribution is -0.00269. The van der Waals surface area contributed by atoms with Gasteiger partial charge in [-0.3, -0.25) is 4.79 Å². The van der Waals surface area contributed by atoms with E-state index in [4.69, 9.17) is 16.7 Å². The van der Waals surface area contributed by atoms with Gasteiger partial charge in [0.2, 0.25) is 0 Å². The van der Waals surface area contributed by atoms with Gasteiger partial charge in [0.15, 0.2) is 0 Å². The van der Waals surface area contributed by atoms with Crippen LogP contribution in [0.4, 0.5) is 8.78 Å². The second-order valence-corrected chi connectivity index (χ2v) is 4.48. The summed E-state index contributed by atoms with van der Waals surface area (Å²) in [5.74, 6) is -0.593. The minimum atomic E-state index is -2.91. The van der Waals surface area contributed by atoms with E-state index in [9.17, 15) is 13.6 Å². The van der Waals surface area contributed by atoms with Crippen LogP contribution in [0.2, 0.25) is 5.15 Å². The first-order valence-corrected chi connectivity index (χ1v) is 6.16. The van der Waals surface area contributed by atoms with Crippen LogP contribution < -0.4 is 5.32 Å². The molecule has 0 saturated heterocycles. The van der Waals surface area contributed by atoms with Crippen molar-refractivity contribution in [1.82, 2.24) is 10.3 Å². The quantitative estimate of drug-likeness (QED) is 0.851. The molecule has 2 N–H and O–H groups in total. The second-order valence-electron chi connectivity index (χ2n) is 4.12. The minimum absolute atomic E-state index is 0.214. The lowest BCUT2D eigenvalue weighted by atomic mass is 10.1. The lowest BCUT2D eigenvalue weighted by Gasteiger charge is -2.12. The Morgan fingerprint density at radius 2 is 2.00 bits per heavy atom. The van der Waals surface area contributed by atoms with Crippen LogP contribution in [-0.4, -0.2) is 35.1 Å². The predicted molar refractivity (Wildman–Crippen MR) is 71.1 cm³/mol. The van der Waals surface area contributed by atoms with Gasteiger partial charge in [-0.2, -0.15) is 0 Å². The number of carbonyl (C=O) groups excluding carboxylic acids is 1. The Hall–Kier alpha value is -1.79. The number of nitrogens with one attached hydrogen (secondary N) is 1. The summed E-state index contributed by atoms with van der Waals surface area (Å²) in [4.78, 5) is 15.8. The van der Waals surface area contributed by atoms with Crippen LogP contribution >= 0.6 is 11.6 Å². The molecule has 1 heterocycles. The highest BCUT2D eigenvalue weighted by molar-refractivity contribution is 6.34. The van der Waals surface area contributed by atoms with Crippen molar-refractivity contribution in [2.45, 2.75) is 12.5 Å². The molecule has 1 aromatic carbocycles. The van der Waals surface area contributed by atoms with Crippen molar-refractivity contribution in [2.75, 3.05) is 6.54 Å². The van der Waals surface area contributed by atoms with E-state index < -0.39 is 25.0 Å². The predicted octanol–water partition coefficient (Wildman–Crippen LogP) is 2.24. The van der Waals surface area contributed by atoms with Gasteiger partial charge in [0.1, 0.15) is 11.3 Å². The number of nitrogens with zero attached hydrogens (tertiary/aromatic N) is 1. The van der Waals surface area contributed by atoms with Gasteiger partial charge < -0.3 is 10.4 Å².